The van der Waals surface area contributed by atoms with Crippen LogP contribution in [0.3, 0.4) is 0 Å². The van der Waals surface area contributed by atoms with Crippen LogP contribution in [0.1, 0.15) is 47.7 Å². The molecule has 1 amide bonds. The quantitative estimate of drug-likeness (QED) is 0.678. The number of carbonyl (C=O) groups excluding carboxylic acids is 1. The van der Waals surface area contributed by atoms with Gasteiger partial charge in [0.05, 0.1) is 5.56 Å². The third kappa shape index (κ3) is 5.52. The number of aromatic nitrogens is 1. The molecule has 4 nitrogen and oxygen atoms in total. The van der Waals surface area contributed by atoms with Crippen LogP contribution in [-0.4, -0.2) is 34.1 Å². The zero-order valence-corrected chi connectivity index (χ0v) is 16.7. The highest BCUT2D eigenvalue weighted by Crippen LogP contribution is 2.26. The fourth-order valence-electron chi connectivity index (χ4n) is 3.51. The Morgan fingerprint density at radius 3 is 2.79 bits per heavy atom. The van der Waals surface area contributed by atoms with E-state index in [4.69, 9.17) is 0 Å². The summed E-state index contributed by atoms with van der Waals surface area (Å²) in [5, 5.41) is 2.91. The molecule has 0 aliphatic carbocycles. The first kappa shape index (κ1) is 20.7. The normalized spacial score (nSPS) is 17.6. The van der Waals surface area contributed by atoms with Crippen LogP contribution in [-0.2, 0) is 13.1 Å². The Morgan fingerprint density at radius 1 is 1.25 bits per heavy atom. The van der Waals surface area contributed by atoms with Crippen LogP contribution in [0.25, 0.3) is 0 Å². The van der Waals surface area contributed by atoms with E-state index in [9.17, 15) is 13.6 Å². The van der Waals surface area contributed by atoms with Crippen molar-refractivity contribution in [3.63, 3.8) is 0 Å². The number of carbonyl (C=O) groups is 1. The molecule has 28 heavy (non-hydrogen) atoms. The van der Waals surface area contributed by atoms with Gasteiger partial charge in [0.25, 0.3) is 11.7 Å². The van der Waals surface area contributed by atoms with E-state index in [0.717, 1.165) is 18.7 Å². The molecule has 2 heterocycles. The minimum atomic E-state index is -2.62. The molecular weight excluding hydrogens is 380 g/mol. The second-order valence-electron chi connectivity index (χ2n) is 7.00. The topological polar surface area (TPSA) is 45.2 Å². The summed E-state index contributed by atoms with van der Waals surface area (Å²) < 4.78 is 25.4. The first-order valence-electron chi connectivity index (χ1n) is 9.53. The zero-order valence-electron chi connectivity index (χ0n) is 15.9. The summed E-state index contributed by atoms with van der Waals surface area (Å²) in [6, 6.07) is 11.7. The highest BCUT2D eigenvalue weighted by Gasteiger charge is 2.20. The number of nitrogens with zero attached hydrogens (tertiary/aromatic N) is 2. The molecule has 0 radical (unpaired) electrons. The third-order valence-electron chi connectivity index (χ3n) is 5.09. The predicted octanol–water partition coefficient (Wildman–Crippen LogP) is 4.70. The zero-order chi connectivity index (χ0) is 19.9. The Labute approximate surface area is 168 Å². The maximum Gasteiger partial charge on any atom is 0.290 e. The Bertz CT molecular complexity index is 803. The van der Waals surface area contributed by atoms with E-state index < -0.39 is 11.7 Å². The molecular formula is C21H25F2N3OS. The van der Waals surface area contributed by atoms with E-state index in [2.05, 4.69) is 28.2 Å². The molecule has 1 saturated heterocycles. The lowest BCUT2D eigenvalue weighted by Crippen LogP contribution is -2.37. The fraction of sp³-hybridized carbons (Fsp3) is 0.429. The van der Waals surface area contributed by atoms with E-state index in [0.29, 0.717) is 12.6 Å². The second kappa shape index (κ2) is 9.98. The van der Waals surface area contributed by atoms with Gasteiger partial charge in [-0.05, 0) is 61.3 Å². The third-order valence-corrected chi connectivity index (χ3v) is 5.82. The molecule has 0 spiro atoms. The van der Waals surface area contributed by atoms with Gasteiger partial charge >= 0.3 is 0 Å². The number of halogens is 2. The molecule has 0 bridgehead atoms. The lowest BCUT2D eigenvalue weighted by Gasteiger charge is -2.33. The molecule has 1 aliphatic rings. The molecule has 1 fully saturated rings. The van der Waals surface area contributed by atoms with Crippen LogP contribution in [0.5, 0.6) is 0 Å². The van der Waals surface area contributed by atoms with Gasteiger partial charge < -0.3 is 5.32 Å². The minimum absolute atomic E-state index is 0.0467. The van der Waals surface area contributed by atoms with Crippen LogP contribution < -0.4 is 5.32 Å². The van der Waals surface area contributed by atoms with Gasteiger partial charge in [-0.25, -0.2) is 4.98 Å². The number of pyridine rings is 1. The summed E-state index contributed by atoms with van der Waals surface area (Å²) >= 11 is 0.290. The second-order valence-corrected chi connectivity index (χ2v) is 7.98. The number of hydrogen-bond donors (Lipinski definition) is 1. The maximum atomic E-state index is 12.7. The first-order chi connectivity index (χ1) is 13.5. The van der Waals surface area contributed by atoms with Crippen molar-refractivity contribution in [1.82, 2.24) is 15.2 Å². The summed E-state index contributed by atoms with van der Waals surface area (Å²) in [5.41, 5.74) is 2.40. The van der Waals surface area contributed by atoms with Crippen molar-refractivity contribution in [2.45, 2.75) is 56.1 Å². The summed E-state index contributed by atoms with van der Waals surface area (Å²) in [7, 11) is 0. The van der Waals surface area contributed by atoms with E-state index >= 15 is 0 Å². The fourth-order valence-corrected chi connectivity index (χ4v) is 4.09. The number of amides is 1. The molecule has 2 aromatic rings. The van der Waals surface area contributed by atoms with Crippen molar-refractivity contribution < 1.29 is 13.6 Å². The van der Waals surface area contributed by atoms with Gasteiger partial charge in [-0.2, -0.15) is 8.78 Å². The van der Waals surface area contributed by atoms with Crippen molar-refractivity contribution in [2.75, 3.05) is 6.54 Å². The Balaban J connectivity index is 1.67. The van der Waals surface area contributed by atoms with E-state index in [1.54, 1.807) is 6.07 Å². The molecule has 7 heteroatoms. The molecule has 1 atom stereocenters. The summed E-state index contributed by atoms with van der Waals surface area (Å²) in [4.78, 5) is 18.9. The van der Waals surface area contributed by atoms with Crippen LogP contribution in [0.2, 0.25) is 0 Å². The Kier molecular flexibility index (Phi) is 7.39. The van der Waals surface area contributed by atoms with E-state index in [1.165, 1.54) is 37.1 Å². The maximum absolute atomic E-state index is 12.7. The minimum Gasteiger partial charge on any atom is -0.348 e. The highest BCUT2D eigenvalue weighted by molar-refractivity contribution is 7.99. The number of likely N-dealkylation sites (tertiary alicyclic amines) is 1. The van der Waals surface area contributed by atoms with Gasteiger partial charge in [0.2, 0.25) is 0 Å². The van der Waals surface area contributed by atoms with Gasteiger partial charge in [0, 0.05) is 25.3 Å². The molecule has 150 valence electrons. The Hall–Kier alpha value is -1.99. The number of alkyl halides is 2. The number of piperidine rings is 1. The average molecular weight is 406 g/mol. The van der Waals surface area contributed by atoms with Gasteiger partial charge in [0.15, 0.2) is 0 Å². The standard InChI is InChI=1S/C21H25F2N3OS/c1-15-7-4-5-12-26(15)14-17-9-3-2-8-16(17)13-25-19(27)18-10-6-11-24-20(18)28-21(22)23/h2-3,6,8-11,15,21H,4-5,7,12-14H2,1H3,(H,25,27). The first-order valence-corrected chi connectivity index (χ1v) is 10.4. The number of rotatable bonds is 7. The van der Waals surface area contributed by atoms with Gasteiger partial charge in [-0.15, -0.1) is 0 Å². The van der Waals surface area contributed by atoms with Crippen molar-refractivity contribution in [1.29, 1.82) is 0 Å². The largest absolute Gasteiger partial charge is 0.348 e. The molecule has 0 saturated carbocycles. The molecule has 1 unspecified atom stereocenters. The van der Waals surface area contributed by atoms with Crippen molar-refractivity contribution in [3.8, 4) is 0 Å². The summed E-state index contributed by atoms with van der Waals surface area (Å²) in [5.74, 6) is -3.01. The summed E-state index contributed by atoms with van der Waals surface area (Å²) in [6.07, 6.45) is 5.12. The van der Waals surface area contributed by atoms with Crippen LogP contribution in [0.4, 0.5) is 8.78 Å². The van der Waals surface area contributed by atoms with Gasteiger partial charge in [0.1, 0.15) is 5.03 Å². The number of nitrogens with one attached hydrogen (secondary N) is 1. The number of benzene rings is 1. The summed E-state index contributed by atoms with van der Waals surface area (Å²) in [6.45, 7) is 4.55. The molecule has 3 rings (SSSR count). The lowest BCUT2D eigenvalue weighted by molar-refractivity contribution is 0.0947. The molecule has 1 aromatic carbocycles. The van der Waals surface area contributed by atoms with Gasteiger partial charge in [-0.1, -0.05) is 30.7 Å². The van der Waals surface area contributed by atoms with E-state index in [1.807, 2.05) is 18.2 Å². The molecule has 1 aromatic heterocycles. The van der Waals surface area contributed by atoms with Crippen molar-refractivity contribution in [2.24, 2.45) is 0 Å². The SMILES string of the molecule is CC1CCCCN1Cc1ccccc1CNC(=O)c1cccnc1SC(F)F. The van der Waals surface area contributed by atoms with Crippen molar-refractivity contribution >= 4 is 17.7 Å². The highest BCUT2D eigenvalue weighted by atomic mass is 32.2. The predicted molar refractivity (Wildman–Crippen MR) is 107 cm³/mol. The van der Waals surface area contributed by atoms with E-state index in [-0.39, 0.29) is 22.4 Å². The number of thioether (sulfide) groups is 1. The van der Waals surface area contributed by atoms with Gasteiger partial charge in [-0.3, -0.25) is 9.69 Å². The van der Waals surface area contributed by atoms with Crippen LogP contribution in [0, 0.1) is 0 Å². The lowest BCUT2D eigenvalue weighted by atomic mass is 10.0. The van der Waals surface area contributed by atoms with Crippen LogP contribution in [0.15, 0.2) is 47.6 Å². The van der Waals surface area contributed by atoms with Crippen molar-refractivity contribution in [3.05, 3.63) is 59.3 Å². The number of hydrogen-bond acceptors (Lipinski definition) is 4. The smallest absolute Gasteiger partial charge is 0.290 e. The Morgan fingerprint density at radius 2 is 2.04 bits per heavy atom. The molecule has 1 aliphatic heterocycles. The molecule has 1 N–H and O–H groups in total. The average Bonchev–Trinajstić information content (AvgIpc) is 2.69. The van der Waals surface area contributed by atoms with Crippen LogP contribution >= 0.6 is 11.8 Å². The monoisotopic (exact) mass is 405 g/mol.